The van der Waals surface area contributed by atoms with Gasteiger partial charge in [-0.2, -0.15) is 0 Å². The van der Waals surface area contributed by atoms with Gasteiger partial charge in [0.25, 0.3) is 0 Å². The molecule has 7 nitrogen and oxygen atoms in total. The molecule has 0 aliphatic heterocycles. The number of rotatable bonds is 9. The van der Waals surface area contributed by atoms with Crippen molar-refractivity contribution in [3.63, 3.8) is 0 Å². The second kappa shape index (κ2) is 7.68. The van der Waals surface area contributed by atoms with Gasteiger partial charge in [0.1, 0.15) is 0 Å². The number of carbonyl (C=O) groups is 2. The highest BCUT2D eigenvalue weighted by atomic mass is 32.2. The quantitative estimate of drug-likeness (QED) is 0.484. The molecule has 0 aliphatic carbocycles. The summed E-state index contributed by atoms with van der Waals surface area (Å²) in [6.07, 6.45) is 4.81. The Labute approximate surface area is 106 Å². The van der Waals surface area contributed by atoms with Crippen LogP contribution in [0, 0.1) is 12.3 Å². The molecule has 0 rings (SSSR count). The Kier molecular flexibility index (Phi) is 7.00. The molecule has 0 radical (unpaired) electrons. The zero-order chi connectivity index (χ0) is 14.2. The lowest BCUT2D eigenvalue weighted by molar-refractivity contribution is -0.138. The predicted molar refractivity (Wildman–Crippen MR) is 65.4 cm³/mol. The van der Waals surface area contributed by atoms with Gasteiger partial charge in [-0.05, 0) is 0 Å². The molecule has 0 atom stereocenters. The molecule has 0 fully saturated rings. The van der Waals surface area contributed by atoms with E-state index in [1.165, 1.54) is 4.90 Å². The Morgan fingerprint density at radius 2 is 1.94 bits per heavy atom. The predicted octanol–water partition coefficient (Wildman–Crippen LogP) is -1.70. The van der Waals surface area contributed by atoms with Crippen LogP contribution in [-0.4, -0.2) is 61.4 Å². The molecule has 0 aromatic heterocycles. The summed E-state index contributed by atoms with van der Waals surface area (Å²) in [5, 5.41) is 8.60. The van der Waals surface area contributed by atoms with Gasteiger partial charge in [-0.25, -0.2) is 8.42 Å². The van der Waals surface area contributed by atoms with Crippen molar-refractivity contribution in [2.75, 3.05) is 31.1 Å². The maximum atomic E-state index is 11.5. The van der Waals surface area contributed by atoms with E-state index in [-0.39, 0.29) is 37.6 Å². The fraction of sp³-hybridized carbons (Fsp3) is 0.600. The number of primary amides is 1. The topological polar surface area (TPSA) is 118 Å². The highest BCUT2D eigenvalue weighted by Crippen LogP contribution is 1.97. The average Bonchev–Trinajstić information content (AvgIpc) is 2.23. The Balaban J connectivity index is 4.29. The summed E-state index contributed by atoms with van der Waals surface area (Å²) in [5.74, 6) is -0.109. The number of aliphatic carboxylic acids is 1. The van der Waals surface area contributed by atoms with E-state index in [0.717, 1.165) is 0 Å². The van der Waals surface area contributed by atoms with Crippen molar-refractivity contribution in [2.45, 2.75) is 6.42 Å². The van der Waals surface area contributed by atoms with E-state index in [0.29, 0.717) is 0 Å². The standard InChI is InChI=1S/C10H16N2O5S/c1-2-4-12(8-10(14)15)5-7-18(16,17)6-3-9(11)13/h1H,3-8H2,(H2,11,13)(H,14,15). The molecule has 102 valence electrons. The molecule has 0 aromatic rings. The van der Waals surface area contributed by atoms with Gasteiger partial charge in [0.2, 0.25) is 5.91 Å². The van der Waals surface area contributed by atoms with Crippen LogP contribution in [0.4, 0.5) is 0 Å². The summed E-state index contributed by atoms with van der Waals surface area (Å²) in [6.45, 7) is -0.259. The number of carboxylic acids is 1. The van der Waals surface area contributed by atoms with Crippen molar-refractivity contribution in [1.82, 2.24) is 4.90 Å². The van der Waals surface area contributed by atoms with Crippen molar-refractivity contribution in [3.8, 4) is 12.3 Å². The molecular formula is C10H16N2O5S. The first-order chi connectivity index (χ1) is 8.26. The van der Waals surface area contributed by atoms with Crippen molar-refractivity contribution in [1.29, 1.82) is 0 Å². The Hall–Kier alpha value is -1.59. The molecule has 18 heavy (non-hydrogen) atoms. The number of nitrogens with zero attached hydrogens (tertiary/aromatic N) is 1. The van der Waals surface area contributed by atoms with Gasteiger partial charge in [0, 0.05) is 13.0 Å². The minimum Gasteiger partial charge on any atom is -0.480 e. The van der Waals surface area contributed by atoms with Crippen LogP contribution < -0.4 is 5.73 Å². The van der Waals surface area contributed by atoms with E-state index in [4.69, 9.17) is 17.3 Å². The second-order valence-corrected chi connectivity index (χ2v) is 5.98. The van der Waals surface area contributed by atoms with Crippen LogP contribution in [0.1, 0.15) is 6.42 Å². The third-order valence-corrected chi connectivity index (χ3v) is 3.68. The third kappa shape index (κ3) is 8.55. The van der Waals surface area contributed by atoms with Crippen LogP contribution in [0.15, 0.2) is 0 Å². The second-order valence-electron chi connectivity index (χ2n) is 3.68. The van der Waals surface area contributed by atoms with Gasteiger partial charge in [-0.3, -0.25) is 14.5 Å². The van der Waals surface area contributed by atoms with E-state index in [2.05, 4.69) is 5.92 Å². The Morgan fingerprint density at radius 1 is 1.33 bits per heavy atom. The van der Waals surface area contributed by atoms with Crippen LogP contribution in [0.2, 0.25) is 0 Å². The maximum absolute atomic E-state index is 11.5. The zero-order valence-corrected chi connectivity index (χ0v) is 10.6. The van der Waals surface area contributed by atoms with Gasteiger partial charge in [0.05, 0.1) is 24.6 Å². The summed E-state index contributed by atoms with van der Waals surface area (Å²) in [6, 6.07) is 0. The fourth-order valence-corrected chi connectivity index (χ4v) is 2.41. The number of hydrogen-bond acceptors (Lipinski definition) is 5. The number of hydrogen-bond donors (Lipinski definition) is 2. The van der Waals surface area contributed by atoms with Gasteiger partial charge >= 0.3 is 5.97 Å². The molecule has 0 saturated carbocycles. The van der Waals surface area contributed by atoms with Crippen LogP contribution >= 0.6 is 0 Å². The lowest BCUT2D eigenvalue weighted by Crippen LogP contribution is -2.35. The number of carbonyl (C=O) groups excluding carboxylic acids is 1. The molecule has 0 bridgehead atoms. The van der Waals surface area contributed by atoms with Crippen molar-refractivity contribution >= 4 is 21.7 Å². The number of amides is 1. The third-order valence-electron chi connectivity index (χ3n) is 2.05. The maximum Gasteiger partial charge on any atom is 0.317 e. The summed E-state index contributed by atoms with van der Waals surface area (Å²) < 4.78 is 23.0. The minimum atomic E-state index is -3.43. The van der Waals surface area contributed by atoms with Crippen molar-refractivity contribution in [2.24, 2.45) is 5.73 Å². The van der Waals surface area contributed by atoms with Crippen molar-refractivity contribution < 1.29 is 23.1 Å². The van der Waals surface area contributed by atoms with E-state index >= 15 is 0 Å². The lowest BCUT2D eigenvalue weighted by atomic mass is 10.4. The first-order valence-corrected chi connectivity index (χ1v) is 6.95. The van der Waals surface area contributed by atoms with Gasteiger partial charge in [-0.15, -0.1) is 6.42 Å². The number of terminal acetylenes is 1. The number of carboxylic acid groups (broad SMARTS) is 1. The molecule has 0 saturated heterocycles. The normalized spacial score (nSPS) is 11.1. The zero-order valence-electron chi connectivity index (χ0n) is 9.83. The summed E-state index contributed by atoms with van der Waals surface area (Å²) in [5.41, 5.74) is 4.85. The molecule has 0 aliphatic rings. The molecule has 8 heteroatoms. The molecule has 3 N–H and O–H groups in total. The first kappa shape index (κ1) is 16.4. The van der Waals surface area contributed by atoms with Crippen LogP contribution in [0.25, 0.3) is 0 Å². The highest BCUT2D eigenvalue weighted by molar-refractivity contribution is 7.91. The van der Waals surface area contributed by atoms with Gasteiger partial charge < -0.3 is 10.8 Å². The molecular weight excluding hydrogens is 260 g/mol. The Bertz CT molecular complexity index is 438. The summed E-state index contributed by atoms with van der Waals surface area (Å²) in [7, 11) is -3.43. The fourth-order valence-electron chi connectivity index (χ4n) is 1.16. The minimum absolute atomic E-state index is 0.0115. The summed E-state index contributed by atoms with van der Waals surface area (Å²) in [4.78, 5) is 22.3. The first-order valence-electron chi connectivity index (χ1n) is 5.13. The molecule has 0 unspecified atom stereocenters. The molecule has 0 spiro atoms. The van der Waals surface area contributed by atoms with E-state index in [9.17, 15) is 18.0 Å². The van der Waals surface area contributed by atoms with Gasteiger partial charge in [0.15, 0.2) is 9.84 Å². The highest BCUT2D eigenvalue weighted by Gasteiger charge is 2.16. The average molecular weight is 276 g/mol. The van der Waals surface area contributed by atoms with Crippen molar-refractivity contribution in [3.05, 3.63) is 0 Å². The largest absolute Gasteiger partial charge is 0.480 e. The lowest BCUT2D eigenvalue weighted by Gasteiger charge is -2.16. The summed E-state index contributed by atoms with van der Waals surface area (Å²) >= 11 is 0. The number of nitrogens with two attached hydrogens (primary N) is 1. The van der Waals surface area contributed by atoms with Crippen LogP contribution in [-0.2, 0) is 19.4 Å². The SMILES string of the molecule is C#CCN(CCS(=O)(=O)CCC(N)=O)CC(=O)O. The van der Waals surface area contributed by atoms with Gasteiger partial charge in [-0.1, -0.05) is 5.92 Å². The smallest absolute Gasteiger partial charge is 0.317 e. The van der Waals surface area contributed by atoms with E-state index in [1.54, 1.807) is 0 Å². The Morgan fingerprint density at radius 3 is 2.39 bits per heavy atom. The van der Waals surface area contributed by atoms with E-state index < -0.39 is 21.7 Å². The molecule has 0 heterocycles. The molecule has 0 aromatic carbocycles. The van der Waals surface area contributed by atoms with E-state index in [1.807, 2.05) is 0 Å². The monoisotopic (exact) mass is 276 g/mol. The van der Waals surface area contributed by atoms with Crippen LogP contribution in [0.5, 0.6) is 0 Å². The van der Waals surface area contributed by atoms with Crippen LogP contribution in [0.3, 0.4) is 0 Å². The number of sulfone groups is 1. The molecule has 1 amide bonds.